The fourth-order valence-corrected chi connectivity index (χ4v) is 2.98. The highest BCUT2D eigenvalue weighted by Gasteiger charge is 2.22. The lowest BCUT2D eigenvalue weighted by atomic mass is 10.2. The minimum Gasteiger partial charge on any atom is -0.338 e. The van der Waals surface area contributed by atoms with Gasteiger partial charge in [0.2, 0.25) is 11.0 Å². The zero-order valence-electron chi connectivity index (χ0n) is 14.3. The summed E-state index contributed by atoms with van der Waals surface area (Å²) in [5, 5.41) is 17.1. The molecule has 0 aliphatic rings. The lowest BCUT2D eigenvalue weighted by Crippen LogP contribution is -2.17. The molecule has 3 aromatic rings. The summed E-state index contributed by atoms with van der Waals surface area (Å²) in [5.41, 5.74) is 1.83. The Kier molecular flexibility index (Phi) is 4.31. The van der Waals surface area contributed by atoms with Gasteiger partial charge in [-0.05, 0) is 26.8 Å². The van der Waals surface area contributed by atoms with Gasteiger partial charge in [0.25, 0.3) is 5.95 Å². The number of aromatic nitrogens is 7. The molecule has 0 saturated carbocycles. The highest BCUT2D eigenvalue weighted by Crippen LogP contribution is 2.33. The van der Waals surface area contributed by atoms with Gasteiger partial charge in [0.15, 0.2) is 5.82 Å². The first kappa shape index (κ1) is 16.5. The fraction of sp³-hybridized carbons (Fsp3) is 0.500. The lowest BCUT2D eigenvalue weighted by molar-refractivity contribution is 0.373. The van der Waals surface area contributed by atoms with Gasteiger partial charge in [-0.15, -0.1) is 10.2 Å². The summed E-state index contributed by atoms with van der Waals surface area (Å²) in [6, 6.07) is 1.95. The average molecular weight is 348 g/mol. The Morgan fingerprint density at radius 2 is 1.96 bits per heavy atom. The van der Waals surface area contributed by atoms with Gasteiger partial charge in [0.05, 0.1) is 10.9 Å². The topological polar surface area (TPSA) is 113 Å². The number of aryl methyl sites for hydroxylation is 2. The van der Waals surface area contributed by atoms with Gasteiger partial charge >= 0.3 is 0 Å². The van der Waals surface area contributed by atoms with Gasteiger partial charge in [0.1, 0.15) is 0 Å². The predicted molar refractivity (Wildman–Crippen MR) is 89.4 cm³/mol. The fourth-order valence-electron chi connectivity index (χ4n) is 2.18. The summed E-state index contributed by atoms with van der Waals surface area (Å²) in [7, 11) is 0. The van der Waals surface area contributed by atoms with E-state index in [1.54, 1.807) is 4.68 Å². The number of nitrogen functional groups attached to an aromatic ring is 1. The number of rotatable bonds is 5. The Morgan fingerprint density at radius 3 is 2.54 bits per heavy atom. The summed E-state index contributed by atoms with van der Waals surface area (Å²) in [5.74, 6) is 8.05. The van der Waals surface area contributed by atoms with Crippen LogP contribution in [0.15, 0.2) is 15.7 Å². The molecule has 3 aromatic heterocycles. The van der Waals surface area contributed by atoms with Crippen LogP contribution in [0.3, 0.4) is 0 Å². The Balaban J connectivity index is 1.82. The molecule has 1 atom stereocenters. The maximum atomic E-state index is 6.14. The van der Waals surface area contributed by atoms with E-state index >= 15 is 0 Å². The van der Waals surface area contributed by atoms with Crippen LogP contribution in [0.25, 0.3) is 5.95 Å². The van der Waals surface area contributed by atoms with Crippen LogP contribution in [0.4, 0.5) is 0 Å². The molecule has 2 N–H and O–H groups in total. The van der Waals surface area contributed by atoms with Crippen molar-refractivity contribution < 1.29 is 4.52 Å². The van der Waals surface area contributed by atoms with E-state index in [0.29, 0.717) is 22.8 Å². The van der Waals surface area contributed by atoms with Crippen molar-refractivity contribution in [3.8, 4) is 5.95 Å². The van der Waals surface area contributed by atoms with Crippen LogP contribution < -0.4 is 5.84 Å². The van der Waals surface area contributed by atoms with Gasteiger partial charge in [-0.25, -0.2) is 9.36 Å². The van der Waals surface area contributed by atoms with Gasteiger partial charge in [-0.2, -0.15) is 10.1 Å². The highest BCUT2D eigenvalue weighted by atomic mass is 32.2. The Bertz CT molecular complexity index is 849. The van der Waals surface area contributed by atoms with Crippen molar-refractivity contribution in [2.24, 2.45) is 0 Å². The molecule has 9 nitrogen and oxygen atoms in total. The Labute approximate surface area is 143 Å². The van der Waals surface area contributed by atoms with Crippen LogP contribution >= 0.6 is 11.8 Å². The third kappa shape index (κ3) is 3.01. The Morgan fingerprint density at radius 1 is 1.21 bits per heavy atom. The molecule has 0 aliphatic heterocycles. The van der Waals surface area contributed by atoms with Gasteiger partial charge in [-0.1, -0.05) is 30.8 Å². The summed E-state index contributed by atoms with van der Waals surface area (Å²) in [6.07, 6.45) is 0. The predicted octanol–water partition coefficient (Wildman–Crippen LogP) is 2.15. The SMILES string of the molecule is Cc1cc(C)n(-c2nnc(SC(C)c3nc(C(C)C)no3)n2N)n1. The molecule has 0 fully saturated rings. The van der Waals surface area contributed by atoms with Gasteiger partial charge in [0, 0.05) is 11.6 Å². The van der Waals surface area contributed by atoms with E-state index in [2.05, 4.69) is 25.4 Å². The quantitative estimate of drug-likeness (QED) is 0.551. The third-order valence-electron chi connectivity index (χ3n) is 3.45. The van der Waals surface area contributed by atoms with Crippen molar-refractivity contribution in [2.45, 2.75) is 50.9 Å². The maximum absolute atomic E-state index is 6.14. The molecule has 3 rings (SSSR count). The van der Waals surface area contributed by atoms with Crippen molar-refractivity contribution in [1.29, 1.82) is 0 Å². The second-order valence-electron chi connectivity index (χ2n) is 5.90. The monoisotopic (exact) mass is 348 g/mol. The van der Waals surface area contributed by atoms with E-state index in [4.69, 9.17) is 10.4 Å². The summed E-state index contributed by atoms with van der Waals surface area (Å²) in [6.45, 7) is 9.85. The molecule has 128 valence electrons. The summed E-state index contributed by atoms with van der Waals surface area (Å²) in [4.78, 5) is 4.40. The van der Waals surface area contributed by atoms with Crippen LogP contribution in [0, 0.1) is 13.8 Å². The van der Waals surface area contributed by atoms with E-state index in [9.17, 15) is 0 Å². The zero-order valence-corrected chi connectivity index (χ0v) is 15.1. The molecule has 24 heavy (non-hydrogen) atoms. The van der Waals surface area contributed by atoms with Crippen LogP contribution in [0.1, 0.15) is 55.0 Å². The van der Waals surface area contributed by atoms with Crippen molar-refractivity contribution >= 4 is 11.8 Å². The maximum Gasteiger partial charge on any atom is 0.271 e. The minimum atomic E-state index is -0.0928. The first-order chi connectivity index (χ1) is 11.4. The van der Waals surface area contributed by atoms with E-state index in [0.717, 1.165) is 11.4 Å². The molecular formula is C14H20N8OS. The number of hydrogen-bond donors (Lipinski definition) is 1. The average Bonchev–Trinajstić information content (AvgIpc) is 3.20. The Hall–Kier alpha value is -2.36. The zero-order chi connectivity index (χ0) is 17.4. The lowest BCUT2D eigenvalue weighted by Gasteiger charge is -2.07. The molecule has 3 heterocycles. The smallest absolute Gasteiger partial charge is 0.271 e. The highest BCUT2D eigenvalue weighted by molar-refractivity contribution is 7.99. The summed E-state index contributed by atoms with van der Waals surface area (Å²) < 4.78 is 8.40. The molecule has 1 unspecified atom stereocenters. The van der Waals surface area contributed by atoms with E-state index in [-0.39, 0.29) is 11.2 Å². The molecule has 0 spiro atoms. The molecule has 0 aliphatic carbocycles. The second kappa shape index (κ2) is 6.27. The molecule has 0 amide bonds. The summed E-state index contributed by atoms with van der Waals surface area (Å²) >= 11 is 1.40. The molecule has 0 bridgehead atoms. The molecule has 0 saturated heterocycles. The number of thioether (sulfide) groups is 1. The molecule has 0 aromatic carbocycles. The van der Waals surface area contributed by atoms with Crippen LogP contribution in [0.5, 0.6) is 0 Å². The van der Waals surface area contributed by atoms with Gasteiger partial charge in [-0.3, -0.25) is 0 Å². The molecule has 10 heteroatoms. The van der Waals surface area contributed by atoms with Crippen LogP contribution in [0.2, 0.25) is 0 Å². The molecular weight excluding hydrogens is 328 g/mol. The minimum absolute atomic E-state index is 0.0928. The van der Waals surface area contributed by atoms with Crippen molar-refractivity contribution in [3.63, 3.8) is 0 Å². The number of hydrogen-bond acceptors (Lipinski definition) is 8. The first-order valence-electron chi connectivity index (χ1n) is 7.61. The van der Waals surface area contributed by atoms with E-state index in [1.807, 2.05) is 40.7 Å². The standard InChI is InChI=1S/C14H20N8OS/c1-7(2)11-16-12(23-20-11)10(5)24-14-18-17-13(21(14)15)22-9(4)6-8(3)19-22/h6-7,10H,15H2,1-5H3. The van der Waals surface area contributed by atoms with Crippen molar-refractivity contribution in [1.82, 2.24) is 34.8 Å². The van der Waals surface area contributed by atoms with E-state index in [1.165, 1.54) is 16.4 Å². The normalized spacial score (nSPS) is 12.9. The van der Waals surface area contributed by atoms with Crippen LogP contribution in [-0.2, 0) is 0 Å². The van der Waals surface area contributed by atoms with Crippen molar-refractivity contribution in [3.05, 3.63) is 29.2 Å². The van der Waals surface area contributed by atoms with E-state index < -0.39 is 0 Å². The molecule has 0 radical (unpaired) electrons. The van der Waals surface area contributed by atoms with Crippen molar-refractivity contribution in [2.75, 3.05) is 5.84 Å². The largest absolute Gasteiger partial charge is 0.338 e. The number of nitrogens with two attached hydrogens (primary N) is 1. The van der Waals surface area contributed by atoms with Crippen LogP contribution in [-0.4, -0.2) is 34.8 Å². The third-order valence-corrected chi connectivity index (χ3v) is 4.49. The number of nitrogens with zero attached hydrogens (tertiary/aromatic N) is 7. The van der Waals surface area contributed by atoms with Gasteiger partial charge < -0.3 is 10.4 Å². The first-order valence-corrected chi connectivity index (χ1v) is 8.49. The second-order valence-corrected chi connectivity index (χ2v) is 7.21.